The van der Waals surface area contributed by atoms with Crippen LogP contribution in [0.5, 0.6) is 0 Å². The zero-order chi connectivity index (χ0) is 19.3. The van der Waals surface area contributed by atoms with Crippen LogP contribution < -0.4 is 0 Å². The first-order valence-corrected chi connectivity index (χ1v) is 9.20. The topological polar surface area (TPSA) is 49.9 Å². The van der Waals surface area contributed by atoms with Gasteiger partial charge in [0.1, 0.15) is 11.4 Å². The number of rotatable bonds is 4. The van der Waals surface area contributed by atoms with Crippen LogP contribution in [0.25, 0.3) is 0 Å². The number of nitrogens with zero attached hydrogens (tertiary/aromatic N) is 2. The number of likely N-dealkylation sites (tertiary alicyclic amines) is 1. The van der Waals surface area contributed by atoms with E-state index in [1.54, 1.807) is 15.9 Å². The zero-order valence-corrected chi connectivity index (χ0v) is 16.1. The fraction of sp³-hybridized carbons (Fsp3) is 0.600. The van der Waals surface area contributed by atoms with Gasteiger partial charge in [0.2, 0.25) is 5.91 Å². The van der Waals surface area contributed by atoms with Crippen molar-refractivity contribution in [3.8, 4) is 0 Å². The van der Waals surface area contributed by atoms with E-state index >= 15 is 0 Å². The van der Waals surface area contributed by atoms with Gasteiger partial charge < -0.3 is 14.5 Å². The second kappa shape index (κ2) is 8.52. The Kier molecular flexibility index (Phi) is 6.62. The first-order valence-electron chi connectivity index (χ1n) is 9.20. The molecule has 6 heteroatoms. The number of carbonyl (C=O) groups excluding carboxylic acids is 2. The highest BCUT2D eigenvalue weighted by molar-refractivity contribution is 5.80. The van der Waals surface area contributed by atoms with Crippen LogP contribution in [0, 0.1) is 11.7 Å². The van der Waals surface area contributed by atoms with Gasteiger partial charge in [0.15, 0.2) is 0 Å². The van der Waals surface area contributed by atoms with Gasteiger partial charge in [0.25, 0.3) is 0 Å². The lowest BCUT2D eigenvalue weighted by Crippen LogP contribution is -2.47. The second-order valence-corrected chi connectivity index (χ2v) is 7.75. The molecule has 1 aliphatic rings. The van der Waals surface area contributed by atoms with Crippen LogP contribution >= 0.6 is 0 Å². The summed E-state index contributed by atoms with van der Waals surface area (Å²) in [6.45, 7) is 9.28. The minimum Gasteiger partial charge on any atom is -0.444 e. The Labute approximate surface area is 155 Å². The Hall–Kier alpha value is -2.11. The average molecular weight is 364 g/mol. The number of hydrogen-bond acceptors (Lipinski definition) is 3. The zero-order valence-electron chi connectivity index (χ0n) is 16.1. The SMILES string of the molecule is CCN(Cc1cccc(F)c1)C(=O)[C@H]1CCCN(C(=O)OC(C)(C)C)C1. The third kappa shape index (κ3) is 5.71. The minimum atomic E-state index is -0.555. The number of amides is 2. The van der Waals surface area contributed by atoms with Gasteiger partial charge in [-0.15, -0.1) is 0 Å². The van der Waals surface area contributed by atoms with Crippen molar-refractivity contribution >= 4 is 12.0 Å². The number of benzene rings is 1. The summed E-state index contributed by atoms with van der Waals surface area (Å²) in [6, 6.07) is 6.30. The van der Waals surface area contributed by atoms with E-state index in [0.29, 0.717) is 26.2 Å². The van der Waals surface area contributed by atoms with Crippen molar-refractivity contribution in [2.75, 3.05) is 19.6 Å². The molecule has 1 aliphatic heterocycles. The molecule has 0 unspecified atom stereocenters. The fourth-order valence-electron chi connectivity index (χ4n) is 3.13. The van der Waals surface area contributed by atoms with E-state index in [1.807, 2.05) is 33.8 Å². The lowest BCUT2D eigenvalue weighted by atomic mass is 9.96. The molecule has 0 N–H and O–H groups in total. The van der Waals surface area contributed by atoms with Crippen LogP contribution in [0.15, 0.2) is 24.3 Å². The Morgan fingerprint density at radius 3 is 2.69 bits per heavy atom. The third-order valence-corrected chi connectivity index (χ3v) is 4.38. The number of halogens is 1. The Bertz CT molecular complexity index is 642. The predicted octanol–water partition coefficient (Wildman–Crippen LogP) is 3.82. The summed E-state index contributed by atoms with van der Waals surface area (Å²) in [5.41, 5.74) is 0.209. The first kappa shape index (κ1) is 20.2. The molecule has 1 aromatic carbocycles. The fourth-order valence-corrected chi connectivity index (χ4v) is 3.13. The Morgan fingerprint density at radius 2 is 2.08 bits per heavy atom. The summed E-state index contributed by atoms with van der Waals surface area (Å²) in [4.78, 5) is 28.6. The van der Waals surface area contributed by atoms with Gasteiger partial charge in [-0.2, -0.15) is 0 Å². The maximum Gasteiger partial charge on any atom is 0.410 e. The molecular weight excluding hydrogens is 335 g/mol. The van der Waals surface area contributed by atoms with Gasteiger partial charge in [-0.3, -0.25) is 4.79 Å². The monoisotopic (exact) mass is 364 g/mol. The minimum absolute atomic E-state index is 0.00465. The Morgan fingerprint density at radius 1 is 1.35 bits per heavy atom. The maximum atomic E-state index is 13.4. The lowest BCUT2D eigenvalue weighted by molar-refractivity contribution is -0.137. The predicted molar refractivity (Wildman–Crippen MR) is 98.0 cm³/mol. The molecule has 1 saturated heterocycles. The highest BCUT2D eigenvalue weighted by Gasteiger charge is 2.32. The van der Waals surface area contributed by atoms with Crippen LogP contribution in [0.2, 0.25) is 0 Å². The summed E-state index contributed by atoms with van der Waals surface area (Å²) in [7, 11) is 0. The van der Waals surface area contributed by atoms with Crippen molar-refractivity contribution in [1.29, 1.82) is 0 Å². The van der Waals surface area contributed by atoms with Crippen molar-refractivity contribution in [2.45, 2.75) is 52.7 Å². The molecule has 0 aliphatic carbocycles. The maximum absolute atomic E-state index is 13.4. The smallest absolute Gasteiger partial charge is 0.410 e. The number of carbonyl (C=O) groups is 2. The molecule has 5 nitrogen and oxygen atoms in total. The van der Waals surface area contributed by atoms with Gasteiger partial charge >= 0.3 is 6.09 Å². The van der Waals surface area contributed by atoms with E-state index < -0.39 is 5.60 Å². The quantitative estimate of drug-likeness (QED) is 0.816. The molecule has 1 fully saturated rings. The molecule has 26 heavy (non-hydrogen) atoms. The molecule has 0 aromatic heterocycles. The van der Waals surface area contributed by atoms with E-state index in [1.165, 1.54) is 12.1 Å². The van der Waals surface area contributed by atoms with Crippen LogP contribution in [-0.4, -0.2) is 47.0 Å². The van der Waals surface area contributed by atoms with Crippen molar-refractivity contribution in [1.82, 2.24) is 9.80 Å². The summed E-state index contributed by atoms with van der Waals surface area (Å²) in [6.07, 6.45) is 1.15. The molecule has 1 aromatic rings. The van der Waals surface area contributed by atoms with E-state index in [4.69, 9.17) is 4.74 Å². The van der Waals surface area contributed by atoms with Crippen molar-refractivity contribution in [3.63, 3.8) is 0 Å². The van der Waals surface area contributed by atoms with Crippen molar-refractivity contribution in [3.05, 3.63) is 35.6 Å². The largest absolute Gasteiger partial charge is 0.444 e. The first-order chi connectivity index (χ1) is 12.2. The highest BCUT2D eigenvalue weighted by atomic mass is 19.1. The van der Waals surface area contributed by atoms with Crippen LogP contribution in [-0.2, 0) is 16.1 Å². The standard InChI is InChI=1S/C20H29FN2O3/c1-5-22(13-15-8-6-10-17(21)12-15)18(24)16-9-7-11-23(14-16)19(25)26-20(2,3)4/h6,8,10,12,16H,5,7,9,11,13-14H2,1-4H3/t16-/m0/s1. The normalized spacial score (nSPS) is 17.7. The summed E-state index contributed by atoms with van der Waals surface area (Å²) in [5, 5.41) is 0. The number of ether oxygens (including phenoxy) is 1. The van der Waals surface area contributed by atoms with Gasteiger partial charge in [0.05, 0.1) is 5.92 Å². The summed E-state index contributed by atoms with van der Waals surface area (Å²) >= 11 is 0. The molecule has 0 bridgehead atoms. The number of hydrogen-bond donors (Lipinski definition) is 0. The highest BCUT2D eigenvalue weighted by Crippen LogP contribution is 2.22. The summed E-state index contributed by atoms with van der Waals surface area (Å²) in [5.74, 6) is -0.547. The molecule has 0 radical (unpaired) electrons. The van der Waals surface area contributed by atoms with Gasteiger partial charge in [-0.05, 0) is 58.2 Å². The Balaban J connectivity index is 2.01. The van der Waals surface area contributed by atoms with E-state index in [0.717, 1.165) is 18.4 Å². The molecule has 1 heterocycles. The molecule has 2 rings (SSSR count). The molecule has 1 atom stereocenters. The molecule has 144 valence electrons. The van der Waals surface area contributed by atoms with Crippen LogP contribution in [0.4, 0.5) is 9.18 Å². The molecule has 0 spiro atoms. The average Bonchev–Trinajstić information content (AvgIpc) is 2.58. The van der Waals surface area contributed by atoms with Crippen LogP contribution in [0.3, 0.4) is 0 Å². The van der Waals surface area contributed by atoms with E-state index in [9.17, 15) is 14.0 Å². The molecule has 2 amide bonds. The van der Waals surface area contributed by atoms with E-state index in [-0.39, 0.29) is 23.7 Å². The van der Waals surface area contributed by atoms with Crippen LogP contribution in [0.1, 0.15) is 46.1 Å². The van der Waals surface area contributed by atoms with Gasteiger partial charge in [-0.1, -0.05) is 12.1 Å². The van der Waals surface area contributed by atoms with E-state index in [2.05, 4.69) is 0 Å². The second-order valence-electron chi connectivity index (χ2n) is 7.75. The third-order valence-electron chi connectivity index (χ3n) is 4.38. The van der Waals surface area contributed by atoms with Crippen molar-refractivity contribution < 1.29 is 18.7 Å². The summed E-state index contributed by atoms with van der Waals surface area (Å²) < 4.78 is 18.8. The lowest BCUT2D eigenvalue weighted by Gasteiger charge is -2.35. The van der Waals surface area contributed by atoms with Gasteiger partial charge in [0, 0.05) is 26.2 Å². The van der Waals surface area contributed by atoms with Crippen molar-refractivity contribution in [2.24, 2.45) is 5.92 Å². The van der Waals surface area contributed by atoms with Gasteiger partial charge in [-0.25, -0.2) is 9.18 Å². The number of piperidine rings is 1. The molecule has 0 saturated carbocycles. The molecular formula is C20H29FN2O3.